The van der Waals surface area contributed by atoms with Crippen molar-refractivity contribution in [3.63, 3.8) is 0 Å². The van der Waals surface area contributed by atoms with Crippen LogP contribution < -0.4 is 0 Å². The Morgan fingerprint density at radius 3 is 2.67 bits per heavy atom. The summed E-state index contributed by atoms with van der Waals surface area (Å²) in [5.74, 6) is -0.902. The number of carboxylic acid groups (broad SMARTS) is 1. The van der Waals surface area contributed by atoms with E-state index in [1.807, 2.05) is 6.07 Å². The minimum absolute atomic E-state index is 0.326. The predicted molar refractivity (Wildman–Crippen MR) is 58.1 cm³/mol. The molecule has 0 amide bonds. The molecule has 0 aliphatic heterocycles. The zero-order valence-corrected chi connectivity index (χ0v) is 9.39. The van der Waals surface area contributed by atoms with Gasteiger partial charge in [0.15, 0.2) is 0 Å². The van der Waals surface area contributed by atoms with Crippen molar-refractivity contribution in [3.8, 4) is 0 Å². The van der Waals surface area contributed by atoms with Crippen LogP contribution in [0.25, 0.3) is 0 Å². The molecule has 0 saturated heterocycles. The first kappa shape index (κ1) is 9.85. The van der Waals surface area contributed by atoms with E-state index in [4.69, 9.17) is 5.11 Å². The van der Waals surface area contributed by atoms with Crippen molar-refractivity contribution in [3.05, 3.63) is 26.8 Å². The topological polar surface area (TPSA) is 37.3 Å². The van der Waals surface area contributed by atoms with Crippen molar-refractivity contribution in [1.82, 2.24) is 0 Å². The molecule has 1 aromatic rings. The summed E-state index contributed by atoms with van der Waals surface area (Å²) in [5.41, 5.74) is 1.12. The van der Waals surface area contributed by atoms with Gasteiger partial charge in [-0.15, -0.1) is 12.6 Å². The molecule has 0 spiro atoms. The fourth-order valence-corrected chi connectivity index (χ4v) is 2.02. The number of halogens is 1. The zero-order chi connectivity index (χ0) is 9.30. The van der Waals surface area contributed by atoms with Crippen molar-refractivity contribution >= 4 is 41.2 Å². The molecule has 1 aromatic carbocycles. The lowest BCUT2D eigenvalue weighted by molar-refractivity contribution is 0.0695. The lowest BCUT2D eigenvalue weighted by Gasteiger charge is -2.03. The number of hydrogen-bond donors (Lipinski definition) is 2. The third kappa shape index (κ3) is 1.92. The van der Waals surface area contributed by atoms with Crippen molar-refractivity contribution in [2.45, 2.75) is 11.8 Å². The second-order valence-corrected chi connectivity index (χ2v) is 4.08. The van der Waals surface area contributed by atoms with Gasteiger partial charge in [0.1, 0.15) is 0 Å². The Balaban J connectivity index is 3.37. The molecule has 2 nitrogen and oxygen atoms in total. The minimum atomic E-state index is -0.902. The zero-order valence-electron chi connectivity index (χ0n) is 6.34. The maximum atomic E-state index is 10.7. The molecule has 1 N–H and O–H groups in total. The smallest absolute Gasteiger partial charge is 0.336 e. The van der Waals surface area contributed by atoms with Crippen LogP contribution in [-0.4, -0.2) is 11.1 Å². The number of carboxylic acids is 1. The van der Waals surface area contributed by atoms with Crippen LogP contribution in [0.5, 0.6) is 0 Å². The monoisotopic (exact) mass is 294 g/mol. The van der Waals surface area contributed by atoms with Crippen molar-refractivity contribution in [1.29, 1.82) is 0 Å². The lowest BCUT2D eigenvalue weighted by Crippen LogP contribution is -2.01. The van der Waals surface area contributed by atoms with Crippen LogP contribution in [0.1, 0.15) is 15.9 Å². The van der Waals surface area contributed by atoms with Crippen molar-refractivity contribution in [2.24, 2.45) is 0 Å². The summed E-state index contributed by atoms with van der Waals surface area (Å²) < 4.78 is 0.928. The molecule has 0 atom stereocenters. The second-order valence-electron chi connectivity index (χ2n) is 2.41. The first-order chi connectivity index (χ1) is 5.52. The third-order valence-corrected chi connectivity index (χ3v) is 2.94. The maximum absolute atomic E-state index is 10.7. The Labute approximate surface area is 89.5 Å². The summed E-state index contributed by atoms with van der Waals surface area (Å²) in [5, 5.41) is 8.78. The molecule has 0 aliphatic carbocycles. The number of hydrogen-bond acceptors (Lipinski definition) is 2. The van der Waals surface area contributed by atoms with E-state index in [0.717, 1.165) is 9.13 Å². The van der Waals surface area contributed by atoms with Gasteiger partial charge in [-0.05, 0) is 47.2 Å². The molecule has 12 heavy (non-hydrogen) atoms. The van der Waals surface area contributed by atoms with Gasteiger partial charge in [0, 0.05) is 8.47 Å². The number of rotatable bonds is 1. The van der Waals surface area contributed by atoms with E-state index in [9.17, 15) is 4.79 Å². The second kappa shape index (κ2) is 3.66. The van der Waals surface area contributed by atoms with Gasteiger partial charge in [-0.1, -0.05) is 0 Å². The van der Waals surface area contributed by atoms with E-state index < -0.39 is 5.97 Å². The van der Waals surface area contributed by atoms with Crippen molar-refractivity contribution < 1.29 is 9.90 Å². The van der Waals surface area contributed by atoms with E-state index in [1.54, 1.807) is 13.0 Å². The summed E-state index contributed by atoms with van der Waals surface area (Å²) in [6, 6.07) is 3.40. The Morgan fingerprint density at radius 1 is 1.58 bits per heavy atom. The molecule has 0 fully saturated rings. The van der Waals surface area contributed by atoms with Gasteiger partial charge >= 0.3 is 5.97 Å². The Bertz CT molecular complexity index is 336. The summed E-state index contributed by atoms with van der Waals surface area (Å²) in [4.78, 5) is 11.4. The van der Waals surface area contributed by atoms with Gasteiger partial charge in [-0.2, -0.15) is 0 Å². The molecule has 0 aliphatic rings. The van der Waals surface area contributed by atoms with E-state index in [0.29, 0.717) is 10.5 Å². The molecule has 64 valence electrons. The van der Waals surface area contributed by atoms with Gasteiger partial charge in [-0.25, -0.2) is 4.79 Å². The Hall–Kier alpha value is -0.230. The van der Waals surface area contributed by atoms with Gasteiger partial charge in [0.05, 0.1) is 5.56 Å². The molecule has 1 rings (SSSR count). The van der Waals surface area contributed by atoms with E-state index >= 15 is 0 Å². The molecule has 0 bridgehead atoms. The summed E-state index contributed by atoms with van der Waals surface area (Å²) >= 11 is 6.19. The number of aromatic carboxylic acids is 1. The Kier molecular flexibility index (Phi) is 3.00. The summed E-state index contributed by atoms with van der Waals surface area (Å²) in [6.07, 6.45) is 0. The third-order valence-electron chi connectivity index (χ3n) is 1.56. The first-order valence-electron chi connectivity index (χ1n) is 3.25. The highest BCUT2D eigenvalue weighted by molar-refractivity contribution is 14.1. The van der Waals surface area contributed by atoms with E-state index in [-0.39, 0.29) is 0 Å². The highest BCUT2D eigenvalue weighted by Gasteiger charge is 2.09. The van der Waals surface area contributed by atoms with Crippen LogP contribution in [-0.2, 0) is 0 Å². The highest BCUT2D eigenvalue weighted by atomic mass is 127. The van der Waals surface area contributed by atoms with Gasteiger partial charge in [0.25, 0.3) is 0 Å². The van der Waals surface area contributed by atoms with Crippen LogP contribution in [0.4, 0.5) is 0 Å². The highest BCUT2D eigenvalue weighted by Crippen LogP contribution is 2.20. The molecular weight excluding hydrogens is 287 g/mol. The van der Waals surface area contributed by atoms with Gasteiger partial charge in [-0.3, -0.25) is 0 Å². The van der Waals surface area contributed by atoms with Crippen LogP contribution in [0, 0.1) is 10.5 Å². The SMILES string of the molecule is Cc1c(I)cc(S)cc1C(=O)O. The fourth-order valence-electron chi connectivity index (χ4n) is 0.887. The molecule has 0 heterocycles. The van der Waals surface area contributed by atoms with Gasteiger partial charge < -0.3 is 5.11 Å². The average Bonchev–Trinajstić information content (AvgIpc) is 1.96. The Morgan fingerprint density at radius 2 is 2.17 bits per heavy atom. The average molecular weight is 294 g/mol. The van der Waals surface area contributed by atoms with Crippen molar-refractivity contribution in [2.75, 3.05) is 0 Å². The fraction of sp³-hybridized carbons (Fsp3) is 0.125. The van der Waals surface area contributed by atoms with Gasteiger partial charge in [0.2, 0.25) is 0 Å². The van der Waals surface area contributed by atoms with E-state index in [2.05, 4.69) is 35.2 Å². The molecule has 0 unspecified atom stereocenters. The maximum Gasteiger partial charge on any atom is 0.336 e. The molecular formula is C8H7IO2S. The number of benzene rings is 1. The molecule has 4 heteroatoms. The largest absolute Gasteiger partial charge is 0.478 e. The molecule has 0 aromatic heterocycles. The minimum Gasteiger partial charge on any atom is -0.478 e. The van der Waals surface area contributed by atoms with Crippen LogP contribution in [0.15, 0.2) is 17.0 Å². The summed E-state index contributed by atoms with van der Waals surface area (Å²) in [6.45, 7) is 1.79. The first-order valence-corrected chi connectivity index (χ1v) is 4.77. The normalized spacial score (nSPS) is 9.92. The number of thiol groups is 1. The summed E-state index contributed by atoms with van der Waals surface area (Å²) in [7, 11) is 0. The van der Waals surface area contributed by atoms with Crippen LogP contribution >= 0.6 is 35.2 Å². The number of carbonyl (C=O) groups is 1. The van der Waals surface area contributed by atoms with Crippen LogP contribution in [0.2, 0.25) is 0 Å². The molecule has 0 saturated carbocycles. The lowest BCUT2D eigenvalue weighted by atomic mass is 10.1. The predicted octanol–water partition coefficient (Wildman–Crippen LogP) is 2.59. The standard InChI is InChI=1S/C8H7IO2S/c1-4-6(8(10)11)2-5(12)3-7(4)9/h2-3,12H,1H3,(H,10,11). The quantitative estimate of drug-likeness (QED) is 0.617. The molecule has 0 radical (unpaired) electrons. The van der Waals surface area contributed by atoms with E-state index in [1.165, 1.54) is 0 Å². The van der Waals surface area contributed by atoms with Crippen LogP contribution in [0.3, 0.4) is 0 Å².